The van der Waals surface area contributed by atoms with Crippen molar-refractivity contribution in [3.05, 3.63) is 59.9 Å². The summed E-state index contributed by atoms with van der Waals surface area (Å²) in [4.78, 5) is 14.8. The Morgan fingerprint density at radius 2 is 1.86 bits per heavy atom. The van der Waals surface area contributed by atoms with Gasteiger partial charge < -0.3 is 5.32 Å². The van der Waals surface area contributed by atoms with Gasteiger partial charge in [0, 0.05) is 23.3 Å². The number of amides is 1. The molecule has 0 spiro atoms. The molecule has 28 heavy (non-hydrogen) atoms. The topological polar surface area (TPSA) is 50.2 Å². The number of nitrogens with zero attached hydrogens (tertiary/aromatic N) is 3. The van der Waals surface area contributed by atoms with Crippen LogP contribution in [0, 0.1) is 19.8 Å². The second kappa shape index (κ2) is 8.15. The van der Waals surface area contributed by atoms with Crippen LogP contribution in [0.4, 0.5) is 5.69 Å². The Kier molecular flexibility index (Phi) is 5.44. The number of piperidine rings is 1. The first-order chi connectivity index (χ1) is 13.6. The Morgan fingerprint density at radius 1 is 1.11 bits per heavy atom. The molecule has 0 aliphatic carbocycles. The molecule has 146 valence electrons. The molecule has 0 atom stereocenters. The minimum atomic E-state index is 0.0633. The Morgan fingerprint density at radius 3 is 2.61 bits per heavy atom. The molecule has 4 rings (SSSR count). The van der Waals surface area contributed by atoms with E-state index < -0.39 is 0 Å². The van der Waals surface area contributed by atoms with Crippen LogP contribution in [0.25, 0.3) is 10.8 Å². The van der Waals surface area contributed by atoms with Crippen LogP contribution in [0.5, 0.6) is 0 Å². The number of likely N-dealkylation sites (tertiary alicyclic amines) is 1. The summed E-state index contributed by atoms with van der Waals surface area (Å²) in [5, 5.41) is 9.91. The summed E-state index contributed by atoms with van der Waals surface area (Å²) >= 11 is 0. The van der Waals surface area contributed by atoms with Gasteiger partial charge in [-0.25, -0.2) is 0 Å². The van der Waals surface area contributed by atoms with Gasteiger partial charge >= 0.3 is 0 Å². The summed E-state index contributed by atoms with van der Waals surface area (Å²) in [5.74, 6) is 0.698. The molecule has 1 saturated heterocycles. The van der Waals surface area contributed by atoms with E-state index >= 15 is 0 Å². The zero-order valence-electron chi connectivity index (χ0n) is 16.7. The lowest BCUT2D eigenvalue weighted by atomic mass is 9.97. The summed E-state index contributed by atoms with van der Waals surface area (Å²) in [6, 6.07) is 16.3. The van der Waals surface area contributed by atoms with E-state index in [2.05, 4.69) is 51.2 Å². The highest BCUT2D eigenvalue weighted by molar-refractivity contribution is 6.02. The minimum Gasteiger partial charge on any atom is -0.324 e. The van der Waals surface area contributed by atoms with Crippen LogP contribution in [0.2, 0.25) is 0 Å². The van der Waals surface area contributed by atoms with Gasteiger partial charge in [0.1, 0.15) is 0 Å². The zero-order chi connectivity index (χ0) is 19.5. The normalized spacial score (nSPS) is 15.8. The molecule has 2 aromatic carbocycles. The number of rotatable bonds is 5. The quantitative estimate of drug-likeness (QED) is 0.732. The van der Waals surface area contributed by atoms with Gasteiger partial charge in [-0.05, 0) is 63.2 Å². The highest BCUT2D eigenvalue weighted by Crippen LogP contribution is 2.23. The summed E-state index contributed by atoms with van der Waals surface area (Å²) in [5.41, 5.74) is 3.21. The molecule has 0 radical (unpaired) electrons. The van der Waals surface area contributed by atoms with Gasteiger partial charge in [-0.3, -0.25) is 14.4 Å². The van der Waals surface area contributed by atoms with Gasteiger partial charge in [0.05, 0.1) is 12.2 Å². The van der Waals surface area contributed by atoms with Crippen molar-refractivity contribution in [3.63, 3.8) is 0 Å². The number of aryl methyl sites for hydroxylation is 2. The first kappa shape index (κ1) is 18.7. The second-order valence-electron chi connectivity index (χ2n) is 7.90. The number of hydrogen-bond acceptors (Lipinski definition) is 3. The summed E-state index contributed by atoms with van der Waals surface area (Å²) in [7, 11) is 0. The molecule has 0 bridgehead atoms. The maximum absolute atomic E-state index is 12.6. The van der Waals surface area contributed by atoms with E-state index in [1.54, 1.807) is 0 Å². The maximum Gasteiger partial charge on any atom is 0.238 e. The van der Waals surface area contributed by atoms with E-state index in [1.807, 2.05) is 31.2 Å². The van der Waals surface area contributed by atoms with Gasteiger partial charge in [-0.15, -0.1) is 0 Å². The number of fused-ring (bicyclic) bond motifs is 1. The fraction of sp³-hybridized carbons (Fsp3) is 0.391. The average Bonchev–Trinajstić information content (AvgIpc) is 3.00. The van der Waals surface area contributed by atoms with E-state index in [0.717, 1.165) is 54.6 Å². The fourth-order valence-electron chi connectivity index (χ4n) is 4.16. The molecule has 1 aliphatic rings. The van der Waals surface area contributed by atoms with Gasteiger partial charge in [0.2, 0.25) is 5.91 Å². The van der Waals surface area contributed by atoms with Crippen molar-refractivity contribution in [2.75, 3.05) is 25.0 Å². The third kappa shape index (κ3) is 4.25. The molecular formula is C23H28N4O. The van der Waals surface area contributed by atoms with Crippen molar-refractivity contribution in [3.8, 4) is 0 Å². The lowest BCUT2D eigenvalue weighted by Crippen LogP contribution is -2.40. The number of nitrogens with one attached hydrogen (secondary N) is 1. The Hall–Kier alpha value is -2.66. The molecule has 1 fully saturated rings. The number of anilines is 1. The first-order valence-corrected chi connectivity index (χ1v) is 10.1. The SMILES string of the molecule is Cc1cc(C)n(CC2CCN(CC(=O)Nc3cccc4ccccc34)CC2)n1. The molecule has 2 heterocycles. The molecule has 1 amide bonds. The Labute approximate surface area is 166 Å². The highest BCUT2D eigenvalue weighted by Gasteiger charge is 2.22. The summed E-state index contributed by atoms with van der Waals surface area (Å²) < 4.78 is 2.13. The van der Waals surface area contributed by atoms with Crippen molar-refractivity contribution in [2.24, 2.45) is 5.92 Å². The van der Waals surface area contributed by atoms with E-state index in [4.69, 9.17) is 0 Å². The molecular weight excluding hydrogens is 348 g/mol. The van der Waals surface area contributed by atoms with Crippen LogP contribution in [-0.2, 0) is 11.3 Å². The van der Waals surface area contributed by atoms with Crippen LogP contribution in [0.3, 0.4) is 0 Å². The average molecular weight is 377 g/mol. The van der Waals surface area contributed by atoms with Crippen molar-refractivity contribution < 1.29 is 4.79 Å². The molecule has 5 nitrogen and oxygen atoms in total. The van der Waals surface area contributed by atoms with Crippen LogP contribution < -0.4 is 5.32 Å². The van der Waals surface area contributed by atoms with Crippen LogP contribution in [0.1, 0.15) is 24.2 Å². The van der Waals surface area contributed by atoms with E-state index in [-0.39, 0.29) is 5.91 Å². The summed E-state index contributed by atoms with van der Waals surface area (Å²) in [6.07, 6.45) is 2.22. The van der Waals surface area contributed by atoms with Crippen molar-refractivity contribution >= 4 is 22.4 Å². The smallest absolute Gasteiger partial charge is 0.238 e. The number of aromatic nitrogens is 2. The van der Waals surface area contributed by atoms with Crippen molar-refractivity contribution in [2.45, 2.75) is 33.2 Å². The fourth-order valence-corrected chi connectivity index (χ4v) is 4.16. The molecule has 1 aliphatic heterocycles. The predicted molar refractivity (Wildman–Crippen MR) is 113 cm³/mol. The van der Waals surface area contributed by atoms with Crippen LogP contribution >= 0.6 is 0 Å². The standard InChI is InChI=1S/C23H28N4O/c1-17-14-18(2)27(25-17)15-19-10-12-26(13-11-19)16-23(28)24-22-9-5-7-20-6-3-4-8-21(20)22/h3-9,14,19H,10-13,15-16H2,1-2H3,(H,24,28). The zero-order valence-corrected chi connectivity index (χ0v) is 16.7. The van der Waals surface area contributed by atoms with Crippen LogP contribution in [-0.4, -0.2) is 40.2 Å². The number of carbonyl (C=O) groups is 1. The monoisotopic (exact) mass is 376 g/mol. The minimum absolute atomic E-state index is 0.0633. The molecule has 1 aromatic heterocycles. The third-order valence-corrected chi connectivity index (χ3v) is 5.67. The molecule has 0 saturated carbocycles. The van der Waals surface area contributed by atoms with Gasteiger partial charge in [-0.2, -0.15) is 5.10 Å². The van der Waals surface area contributed by atoms with E-state index in [0.29, 0.717) is 12.5 Å². The first-order valence-electron chi connectivity index (χ1n) is 10.1. The van der Waals surface area contributed by atoms with Crippen LogP contribution in [0.15, 0.2) is 48.5 Å². The van der Waals surface area contributed by atoms with Gasteiger partial charge in [0.25, 0.3) is 0 Å². The molecule has 1 N–H and O–H groups in total. The third-order valence-electron chi connectivity index (χ3n) is 5.67. The Balaban J connectivity index is 1.30. The number of carbonyl (C=O) groups excluding carboxylic acids is 1. The number of hydrogen-bond donors (Lipinski definition) is 1. The van der Waals surface area contributed by atoms with Crippen molar-refractivity contribution in [1.82, 2.24) is 14.7 Å². The lowest BCUT2D eigenvalue weighted by molar-refractivity contribution is -0.117. The maximum atomic E-state index is 12.6. The number of benzene rings is 2. The largest absolute Gasteiger partial charge is 0.324 e. The van der Waals surface area contributed by atoms with Crippen molar-refractivity contribution in [1.29, 1.82) is 0 Å². The summed E-state index contributed by atoms with van der Waals surface area (Å²) in [6.45, 7) is 7.53. The van der Waals surface area contributed by atoms with E-state index in [1.165, 1.54) is 5.69 Å². The molecule has 5 heteroatoms. The van der Waals surface area contributed by atoms with E-state index in [9.17, 15) is 4.79 Å². The Bertz CT molecular complexity index is 964. The molecule has 0 unspecified atom stereocenters. The lowest BCUT2D eigenvalue weighted by Gasteiger charge is -2.31. The second-order valence-corrected chi connectivity index (χ2v) is 7.90. The molecule has 3 aromatic rings. The predicted octanol–water partition coefficient (Wildman–Crippen LogP) is 4.00. The van der Waals surface area contributed by atoms with Gasteiger partial charge in [0.15, 0.2) is 0 Å². The highest BCUT2D eigenvalue weighted by atomic mass is 16.2. The van der Waals surface area contributed by atoms with Gasteiger partial charge in [-0.1, -0.05) is 36.4 Å².